The summed E-state index contributed by atoms with van der Waals surface area (Å²) in [7, 11) is 0. The number of aliphatic carboxylic acids is 1. The molecule has 2 aromatic heterocycles. The molecule has 0 amide bonds. The van der Waals surface area contributed by atoms with Gasteiger partial charge in [0.05, 0.1) is 18.7 Å². The lowest BCUT2D eigenvalue weighted by molar-refractivity contribution is -0.136. The van der Waals surface area contributed by atoms with Gasteiger partial charge in [-0.25, -0.2) is 4.79 Å². The van der Waals surface area contributed by atoms with Gasteiger partial charge in [0.2, 0.25) is 0 Å². The maximum atomic E-state index is 12.1. The summed E-state index contributed by atoms with van der Waals surface area (Å²) in [4.78, 5) is 31.3. The lowest BCUT2D eigenvalue weighted by atomic mass is 10.1. The standard InChI is InChI=1S/C15H17N3O3/c1-9-5-4-6-12(16-9)8-18-11(3)13(7-14(19)20)10(2)17-15(18)21/h4-6H,7-8H2,1-3H3,(H,19,20). The predicted octanol–water partition coefficient (Wildman–Crippen LogP) is 1.24. The number of aromatic nitrogens is 3. The topological polar surface area (TPSA) is 85.1 Å². The molecule has 110 valence electrons. The molecule has 2 heterocycles. The minimum atomic E-state index is -0.943. The van der Waals surface area contributed by atoms with Crippen LogP contribution in [0, 0.1) is 20.8 Å². The minimum absolute atomic E-state index is 0.147. The van der Waals surface area contributed by atoms with Gasteiger partial charge >= 0.3 is 11.7 Å². The van der Waals surface area contributed by atoms with Crippen molar-refractivity contribution in [3.8, 4) is 0 Å². The Bertz CT molecular complexity index is 750. The first-order valence-corrected chi connectivity index (χ1v) is 6.59. The third kappa shape index (κ3) is 3.34. The molecule has 0 aliphatic rings. The molecule has 21 heavy (non-hydrogen) atoms. The van der Waals surface area contributed by atoms with E-state index in [0.29, 0.717) is 17.0 Å². The monoisotopic (exact) mass is 287 g/mol. The maximum absolute atomic E-state index is 12.1. The van der Waals surface area contributed by atoms with E-state index in [9.17, 15) is 9.59 Å². The molecular weight excluding hydrogens is 270 g/mol. The van der Waals surface area contributed by atoms with E-state index >= 15 is 0 Å². The van der Waals surface area contributed by atoms with Crippen LogP contribution in [0.1, 0.15) is 28.3 Å². The SMILES string of the molecule is Cc1cccc(Cn2c(C)c(CC(=O)O)c(C)nc2=O)n1. The van der Waals surface area contributed by atoms with E-state index < -0.39 is 5.97 Å². The zero-order valence-electron chi connectivity index (χ0n) is 12.3. The maximum Gasteiger partial charge on any atom is 0.348 e. The summed E-state index contributed by atoms with van der Waals surface area (Å²) in [5.74, 6) is -0.943. The smallest absolute Gasteiger partial charge is 0.348 e. The number of aryl methyl sites for hydroxylation is 2. The lowest BCUT2D eigenvalue weighted by Gasteiger charge is -2.14. The summed E-state index contributed by atoms with van der Waals surface area (Å²) in [5.41, 5.74) is 2.89. The van der Waals surface area contributed by atoms with Crippen molar-refractivity contribution in [2.24, 2.45) is 0 Å². The van der Waals surface area contributed by atoms with Gasteiger partial charge in [-0.15, -0.1) is 0 Å². The van der Waals surface area contributed by atoms with Crippen LogP contribution in [-0.4, -0.2) is 25.6 Å². The van der Waals surface area contributed by atoms with Crippen molar-refractivity contribution in [1.29, 1.82) is 0 Å². The second-order valence-corrected chi connectivity index (χ2v) is 4.97. The van der Waals surface area contributed by atoms with Gasteiger partial charge in [-0.05, 0) is 32.9 Å². The molecule has 0 bridgehead atoms. The van der Waals surface area contributed by atoms with Crippen LogP contribution in [0.2, 0.25) is 0 Å². The molecular formula is C15H17N3O3. The summed E-state index contributed by atoms with van der Waals surface area (Å²) in [6.07, 6.45) is -0.147. The van der Waals surface area contributed by atoms with Gasteiger partial charge in [-0.3, -0.25) is 14.3 Å². The summed E-state index contributed by atoms with van der Waals surface area (Å²) >= 11 is 0. The number of hydrogen-bond donors (Lipinski definition) is 1. The molecule has 6 nitrogen and oxygen atoms in total. The number of carboxylic acid groups (broad SMARTS) is 1. The van der Waals surface area contributed by atoms with Gasteiger partial charge in [-0.2, -0.15) is 4.98 Å². The van der Waals surface area contributed by atoms with E-state index in [-0.39, 0.29) is 18.7 Å². The molecule has 0 unspecified atom stereocenters. The Morgan fingerprint density at radius 3 is 2.57 bits per heavy atom. The van der Waals surface area contributed by atoms with E-state index in [0.717, 1.165) is 11.4 Å². The Labute approximate surface area is 122 Å². The van der Waals surface area contributed by atoms with E-state index in [1.165, 1.54) is 4.57 Å². The Kier molecular flexibility index (Phi) is 4.16. The zero-order chi connectivity index (χ0) is 15.6. The van der Waals surface area contributed by atoms with Crippen molar-refractivity contribution in [3.63, 3.8) is 0 Å². The van der Waals surface area contributed by atoms with Crippen LogP contribution < -0.4 is 5.69 Å². The molecule has 0 saturated carbocycles. The fraction of sp³-hybridized carbons (Fsp3) is 0.333. The average Bonchev–Trinajstić information content (AvgIpc) is 2.39. The molecule has 0 radical (unpaired) electrons. The highest BCUT2D eigenvalue weighted by Gasteiger charge is 2.14. The van der Waals surface area contributed by atoms with E-state index in [2.05, 4.69) is 9.97 Å². The van der Waals surface area contributed by atoms with E-state index in [4.69, 9.17) is 5.11 Å². The Morgan fingerprint density at radius 1 is 1.24 bits per heavy atom. The van der Waals surface area contributed by atoms with E-state index in [1.54, 1.807) is 13.8 Å². The van der Waals surface area contributed by atoms with Crippen LogP contribution in [0.25, 0.3) is 0 Å². The molecule has 0 spiro atoms. The number of pyridine rings is 1. The van der Waals surface area contributed by atoms with Crippen LogP contribution in [0.5, 0.6) is 0 Å². The molecule has 2 aromatic rings. The normalized spacial score (nSPS) is 10.6. The van der Waals surface area contributed by atoms with Crippen molar-refractivity contribution < 1.29 is 9.90 Å². The molecule has 1 N–H and O–H groups in total. The first kappa shape index (κ1) is 14.9. The highest BCUT2D eigenvalue weighted by atomic mass is 16.4. The predicted molar refractivity (Wildman–Crippen MR) is 77.4 cm³/mol. The molecule has 0 aliphatic heterocycles. The number of carboxylic acids is 1. The molecule has 2 rings (SSSR count). The second-order valence-electron chi connectivity index (χ2n) is 4.97. The number of carbonyl (C=O) groups is 1. The summed E-state index contributed by atoms with van der Waals surface area (Å²) in [5, 5.41) is 8.97. The third-order valence-corrected chi connectivity index (χ3v) is 3.37. The minimum Gasteiger partial charge on any atom is -0.481 e. The summed E-state index contributed by atoms with van der Waals surface area (Å²) in [6, 6.07) is 5.58. The van der Waals surface area contributed by atoms with Gasteiger partial charge in [0, 0.05) is 22.6 Å². The van der Waals surface area contributed by atoms with Crippen molar-refractivity contribution >= 4 is 5.97 Å². The third-order valence-electron chi connectivity index (χ3n) is 3.37. The van der Waals surface area contributed by atoms with Crippen molar-refractivity contribution in [2.45, 2.75) is 33.7 Å². The number of hydrogen-bond acceptors (Lipinski definition) is 4. The molecule has 6 heteroatoms. The van der Waals surface area contributed by atoms with Crippen LogP contribution in [-0.2, 0) is 17.8 Å². The summed E-state index contributed by atoms with van der Waals surface area (Å²) in [6.45, 7) is 5.56. The van der Waals surface area contributed by atoms with Crippen molar-refractivity contribution in [2.75, 3.05) is 0 Å². The van der Waals surface area contributed by atoms with Crippen LogP contribution in [0.4, 0.5) is 0 Å². The van der Waals surface area contributed by atoms with Crippen LogP contribution in [0.15, 0.2) is 23.0 Å². The molecule has 0 saturated heterocycles. The Balaban J connectivity index is 2.48. The Morgan fingerprint density at radius 2 is 1.95 bits per heavy atom. The quantitative estimate of drug-likeness (QED) is 0.914. The van der Waals surface area contributed by atoms with Crippen LogP contribution >= 0.6 is 0 Å². The fourth-order valence-corrected chi connectivity index (χ4v) is 2.28. The lowest BCUT2D eigenvalue weighted by Crippen LogP contribution is -2.29. The van der Waals surface area contributed by atoms with Crippen molar-refractivity contribution in [1.82, 2.24) is 14.5 Å². The van der Waals surface area contributed by atoms with Gasteiger partial charge < -0.3 is 5.11 Å². The second kappa shape index (κ2) is 5.87. The average molecular weight is 287 g/mol. The Hall–Kier alpha value is -2.50. The van der Waals surface area contributed by atoms with Gasteiger partial charge in [0.15, 0.2) is 0 Å². The summed E-state index contributed by atoms with van der Waals surface area (Å²) < 4.78 is 1.47. The highest BCUT2D eigenvalue weighted by molar-refractivity contribution is 5.70. The number of rotatable bonds is 4. The largest absolute Gasteiger partial charge is 0.481 e. The molecule has 0 aliphatic carbocycles. The first-order valence-electron chi connectivity index (χ1n) is 6.59. The van der Waals surface area contributed by atoms with Gasteiger partial charge in [-0.1, -0.05) is 6.07 Å². The molecule has 0 aromatic carbocycles. The van der Waals surface area contributed by atoms with Gasteiger partial charge in [0.1, 0.15) is 0 Å². The zero-order valence-corrected chi connectivity index (χ0v) is 12.3. The van der Waals surface area contributed by atoms with Crippen LogP contribution in [0.3, 0.4) is 0 Å². The fourth-order valence-electron chi connectivity index (χ4n) is 2.28. The van der Waals surface area contributed by atoms with Gasteiger partial charge in [0.25, 0.3) is 0 Å². The van der Waals surface area contributed by atoms with E-state index in [1.807, 2.05) is 25.1 Å². The molecule has 0 atom stereocenters. The van der Waals surface area contributed by atoms with Crippen molar-refractivity contribution in [3.05, 3.63) is 57.0 Å². The number of nitrogens with zero attached hydrogens (tertiary/aromatic N) is 3. The first-order chi connectivity index (χ1) is 9.88. The highest BCUT2D eigenvalue weighted by Crippen LogP contribution is 2.11. The molecule has 0 fully saturated rings.